The lowest BCUT2D eigenvalue weighted by Crippen LogP contribution is -2.40. The number of carbonyl (C=O) groups is 4. The van der Waals surface area contributed by atoms with Crippen molar-refractivity contribution in [2.24, 2.45) is 4.99 Å². The molecule has 1 aromatic carbocycles. The van der Waals surface area contributed by atoms with Crippen molar-refractivity contribution < 1.29 is 24.4 Å². The van der Waals surface area contributed by atoms with Crippen molar-refractivity contribution in [2.75, 3.05) is 31.7 Å². The summed E-state index contributed by atoms with van der Waals surface area (Å²) in [5.74, 6) is -0.784. The second kappa shape index (κ2) is 26.1. The number of aromatic nitrogens is 1. The quantitative estimate of drug-likeness (QED) is 0.0560. The van der Waals surface area contributed by atoms with Crippen LogP contribution in [0, 0.1) is 0 Å². The largest absolute Gasteiger partial charge is 0.304 e. The van der Waals surface area contributed by atoms with Gasteiger partial charge >= 0.3 is 0 Å². The highest BCUT2D eigenvalue weighted by molar-refractivity contribution is 8.13. The number of nitrogens with one attached hydrogen (secondary N) is 3. The van der Waals surface area contributed by atoms with Crippen molar-refractivity contribution in [2.45, 2.75) is 72.6 Å². The molecule has 0 radical (unpaired) electrons. The number of aryl methyl sites for hydroxylation is 1. The molecule has 2 aromatic rings. The number of unbranched alkanes of at least 4 members (excludes halogenated alkanes) is 3. The van der Waals surface area contributed by atoms with Gasteiger partial charge in [0.1, 0.15) is 6.29 Å². The maximum Gasteiger partial charge on any atom is 0.243 e. The molecule has 44 heavy (non-hydrogen) atoms. The van der Waals surface area contributed by atoms with E-state index in [-0.39, 0.29) is 30.8 Å². The Hall–Kier alpha value is -3.39. The zero-order valence-electron chi connectivity index (χ0n) is 26.7. The lowest BCUT2D eigenvalue weighted by Gasteiger charge is -2.15. The van der Waals surface area contributed by atoms with E-state index in [0.29, 0.717) is 23.1 Å². The van der Waals surface area contributed by atoms with Gasteiger partial charge in [-0.15, -0.1) is 0 Å². The number of fused-ring (bicyclic) bond motifs is 1. The first kappa shape index (κ1) is 40.6. The molecular weight excluding hydrogens is 601 g/mol. The Morgan fingerprint density at radius 1 is 1.05 bits per heavy atom. The average molecular weight is 649 g/mol. The fraction of sp³-hybridized carbons (Fsp3) is 0.484. The summed E-state index contributed by atoms with van der Waals surface area (Å²) in [6.07, 6.45) is 12.0. The zero-order valence-corrected chi connectivity index (χ0v) is 28.4. The van der Waals surface area contributed by atoms with Crippen molar-refractivity contribution in [1.82, 2.24) is 20.7 Å². The topological polar surface area (TPSA) is 153 Å². The van der Waals surface area contributed by atoms with E-state index in [1.54, 1.807) is 17.4 Å². The Bertz CT molecular complexity index is 1170. The van der Waals surface area contributed by atoms with Gasteiger partial charge in [-0.2, -0.15) is 0 Å². The number of likely N-dealkylation sites (N-methyl/N-ethyl adjacent to an activating group) is 1. The predicted octanol–water partition coefficient (Wildman–Crippen LogP) is 5.83. The summed E-state index contributed by atoms with van der Waals surface area (Å²) in [6.45, 7) is 8.18. The number of hydrogen-bond donors (Lipinski definition) is 4. The molecule has 0 spiro atoms. The van der Waals surface area contributed by atoms with Crippen molar-refractivity contribution in [3.05, 3.63) is 47.0 Å². The van der Waals surface area contributed by atoms with Crippen LogP contribution in [0.25, 0.3) is 6.08 Å². The molecular formula is C31H48N6O5S2. The van der Waals surface area contributed by atoms with Gasteiger partial charge in [0.05, 0.1) is 29.3 Å². The van der Waals surface area contributed by atoms with Crippen LogP contribution >= 0.6 is 23.1 Å². The Balaban J connectivity index is 0.00000104. The van der Waals surface area contributed by atoms with Gasteiger partial charge in [-0.1, -0.05) is 81.5 Å². The summed E-state index contributed by atoms with van der Waals surface area (Å²) in [4.78, 5) is 56.4. The molecule has 1 heterocycles. The number of hydroxylamine groups is 1. The monoisotopic (exact) mass is 648 g/mol. The molecule has 0 unspecified atom stereocenters. The molecule has 3 rings (SSSR count). The lowest BCUT2D eigenvalue weighted by molar-refractivity contribution is -0.129. The fourth-order valence-electron chi connectivity index (χ4n) is 3.49. The van der Waals surface area contributed by atoms with E-state index in [1.807, 2.05) is 70.4 Å². The predicted molar refractivity (Wildman–Crippen MR) is 183 cm³/mol. The SMILES string of the molecule is CC.CC.CSC(=Nc1ccccc1)NC(=O)CN(C)CC(=O)Nc1nc2c(s1)C=CCC2.O=CCCCCCC(=O)NO. The van der Waals surface area contributed by atoms with Crippen molar-refractivity contribution >= 4 is 69.2 Å². The van der Waals surface area contributed by atoms with Crippen LogP contribution in [0.4, 0.5) is 10.8 Å². The van der Waals surface area contributed by atoms with Crippen LogP contribution in [0.3, 0.4) is 0 Å². The molecule has 1 aliphatic carbocycles. The number of para-hydroxylation sites is 1. The molecule has 0 bridgehead atoms. The minimum atomic E-state index is -0.365. The van der Waals surface area contributed by atoms with E-state index in [2.05, 4.69) is 26.7 Å². The fourth-order valence-corrected chi connectivity index (χ4v) is 4.86. The highest BCUT2D eigenvalue weighted by atomic mass is 32.2. The second-order valence-corrected chi connectivity index (χ2v) is 10.6. The van der Waals surface area contributed by atoms with Gasteiger partial charge in [-0.25, -0.2) is 15.5 Å². The van der Waals surface area contributed by atoms with E-state index in [9.17, 15) is 19.2 Å². The van der Waals surface area contributed by atoms with Crippen molar-refractivity contribution in [1.29, 1.82) is 0 Å². The number of nitrogens with zero attached hydrogens (tertiary/aromatic N) is 3. The third-order valence-corrected chi connectivity index (χ3v) is 6.95. The third-order valence-electron chi connectivity index (χ3n) is 5.40. The molecule has 4 N–H and O–H groups in total. The van der Waals surface area contributed by atoms with Crippen LogP contribution in [0.5, 0.6) is 0 Å². The number of rotatable bonds is 12. The number of anilines is 1. The van der Waals surface area contributed by atoms with Crippen LogP contribution in [0.1, 0.15) is 76.8 Å². The van der Waals surface area contributed by atoms with E-state index in [1.165, 1.54) is 23.1 Å². The molecule has 244 valence electrons. The average Bonchev–Trinajstić information content (AvgIpc) is 3.45. The molecule has 3 amide bonds. The van der Waals surface area contributed by atoms with Crippen LogP contribution in [0.15, 0.2) is 41.4 Å². The Labute approximate surface area is 270 Å². The normalized spacial score (nSPS) is 11.3. The van der Waals surface area contributed by atoms with E-state index in [0.717, 1.165) is 54.6 Å². The minimum Gasteiger partial charge on any atom is -0.304 e. The summed E-state index contributed by atoms with van der Waals surface area (Å²) in [5.41, 5.74) is 3.35. The van der Waals surface area contributed by atoms with Crippen LogP contribution in [-0.4, -0.2) is 70.7 Å². The minimum absolute atomic E-state index is 0.0822. The number of benzene rings is 1. The second-order valence-electron chi connectivity index (χ2n) is 8.80. The summed E-state index contributed by atoms with van der Waals surface area (Å²) in [5, 5.41) is 14.8. The first-order valence-electron chi connectivity index (χ1n) is 14.8. The van der Waals surface area contributed by atoms with Crippen molar-refractivity contribution in [3.8, 4) is 0 Å². The maximum atomic E-state index is 12.3. The van der Waals surface area contributed by atoms with Gasteiger partial charge in [-0.05, 0) is 57.2 Å². The number of aliphatic imine (C=N–C) groups is 1. The van der Waals surface area contributed by atoms with E-state index in [4.69, 9.17) is 5.21 Å². The standard InChI is InChI=1S/C20H23N5O2S2.C7H13NO3.2C2H6/c1-25(12-17(26)23-19(28-2)21-14-8-4-3-5-9-14)13-18(27)24-20-22-15-10-6-7-11-16(15)29-20;9-6-4-2-1-3-5-7(10)8-11;2*1-2/h3-5,7-9,11H,6,10,12-13H2,1-2H3,(H,21,23,26)(H,22,24,27);6,11H,1-5H2,(H,8,10);2*1-2H3. The van der Waals surface area contributed by atoms with E-state index < -0.39 is 0 Å². The van der Waals surface area contributed by atoms with Gasteiger partial charge in [-0.3, -0.25) is 24.5 Å². The van der Waals surface area contributed by atoms with Gasteiger partial charge in [0, 0.05) is 12.8 Å². The smallest absolute Gasteiger partial charge is 0.243 e. The lowest BCUT2D eigenvalue weighted by atomic mass is 10.1. The first-order valence-corrected chi connectivity index (χ1v) is 16.9. The number of aldehydes is 1. The van der Waals surface area contributed by atoms with E-state index >= 15 is 0 Å². The highest BCUT2D eigenvalue weighted by Gasteiger charge is 2.16. The molecule has 0 saturated carbocycles. The number of thiazole rings is 1. The molecule has 11 nitrogen and oxygen atoms in total. The molecule has 1 aliphatic rings. The van der Waals surface area contributed by atoms with Gasteiger partial charge in [0.2, 0.25) is 17.7 Å². The van der Waals surface area contributed by atoms with Crippen molar-refractivity contribution in [3.63, 3.8) is 0 Å². The van der Waals surface area contributed by atoms with Crippen LogP contribution in [0.2, 0.25) is 0 Å². The Kier molecular flexibility index (Phi) is 24.0. The highest BCUT2D eigenvalue weighted by Crippen LogP contribution is 2.28. The number of carbonyl (C=O) groups excluding carboxylic acids is 4. The van der Waals surface area contributed by atoms with Gasteiger partial charge in [0.25, 0.3) is 0 Å². The first-order chi connectivity index (χ1) is 21.3. The summed E-state index contributed by atoms with van der Waals surface area (Å²) in [7, 11) is 1.72. The number of amides is 3. The van der Waals surface area contributed by atoms with Crippen LogP contribution in [-0.2, 0) is 25.6 Å². The summed E-state index contributed by atoms with van der Waals surface area (Å²) < 4.78 is 0. The molecule has 0 atom stereocenters. The summed E-state index contributed by atoms with van der Waals surface area (Å²) in [6, 6.07) is 9.42. The number of hydrogen-bond acceptors (Lipinski definition) is 10. The molecule has 1 aromatic heterocycles. The third kappa shape index (κ3) is 18.3. The zero-order chi connectivity index (χ0) is 33.2. The molecule has 13 heteroatoms. The van der Waals surface area contributed by atoms with Gasteiger partial charge < -0.3 is 15.4 Å². The maximum absolute atomic E-state index is 12.3. The van der Waals surface area contributed by atoms with Crippen LogP contribution < -0.4 is 16.1 Å². The number of thioether (sulfide) groups is 1. The summed E-state index contributed by atoms with van der Waals surface area (Å²) >= 11 is 2.83. The molecule has 0 aliphatic heterocycles. The Morgan fingerprint density at radius 2 is 1.73 bits per heavy atom. The number of amidine groups is 1. The number of allylic oxidation sites excluding steroid dienone is 1. The molecule has 0 saturated heterocycles. The Morgan fingerprint density at radius 3 is 2.34 bits per heavy atom. The van der Waals surface area contributed by atoms with Gasteiger partial charge in [0.15, 0.2) is 10.3 Å². The molecule has 0 fully saturated rings.